The number of hydrogen-bond acceptors (Lipinski definition) is 15. The molecule has 3 N–H and O–H groups in total. The van der Waals surface area contributed by atoms with Crippen molar-refractivity contribution >= 4 is 39.5 Å². The molecule has 0 saturated carbocycles. The molecule has 0 aliphatic carbocycles. The third-order valence-corrected chi connectivity index (χ3v) is 15.7. The number of hydrogen-bond donors (Lipinski definition) is 3. The maximum Gasteiger partial charge on any atom is 0.472 e. The summed E-state index contributed by atoms with van der Waals surface area (Å²) in [5.74, 6) is -1.38. The zero-order valence-corrected chi connectivity index (χ0v) is 52.3. The molecule has 2 unspecified atom stereocenters. The minimum absolute atomic E-state index is 0.104. The van der Waals surface area contributed by atoms with Gasteiger partial charge in [-0.2, -0.15) is 0 Å². The summed E-state index contributed by atoms with van der Waals surface area (Å²) >= 11 is 0. The quantitative estimate of drug-likeness (QED) is 0.0222. The molecular formula is C60H116O17P2. The molecule has 0 aromatic rings. The number of aliphatic hydroxyl groups excluding tert-OH is 1. The number of ether oxygens (including phenoxy) is 4. The second kappa shape index (κ2) is 54.0. The molecule has 19 heteroatoms. The Morgan fingerprint density at radius 2 is 0.582 bits per heavy atom. The molecule has 0 spiro atoms. The summed E-state index contributed by atoms with van der Waals surface area (Å²) < 4.78 is 67.7. The summed E-state index contributed by atoms with van der Waals surface area (Å²) in [5.41, 5.74) is 0. The minimum Gasteiger partial charge on any atom is -0.462 e. The van der Waals surface area contributed by atoms with E-state index in [2.05, 4.69) is 34.6 Å². The highest BCUT2D eigenvalue weighted by molar-refractivity contribution is 7.47. The number of aliphatic hydroxyl groups is 1. The molecule has 0 rings (SSSR count). The number of rotatable bonds is 60. The molecule has 0 heterocycles. The van der Waals surface area contributed by atoms with Crippen LogP contribution in [0.5, 0.6) is 0 Å². The SMILES string of the molecule is CCCCCCCCCCCCC(=O)OC[C@H](COP(=O)(O)OC[C@@H](O)COP(=O)(O)OC[C@@H](COC(=O)CCCCCCCCC)OC(=O)CCCCCCCCCC)OC(=O)CCCCCCCCCCCCCC(C)C. The molecule has 0 aromatic carbocycles. The zero-order valence-electron chi connectivity index (χ0n) is 50.5. The Bertz CT molecular complexity index is 1550. The molecule has 0 amide bonds. The molecule has 0 fully saturated rings. The van der Waals surface area contributed by atoms with E-state index in [1.807, 2.05) is 0 Å². The first-order chi connectivity index (χ1) is 38.0. The van der Waals surface area contributed by atoms with Gasteiger partial charge in [-0.05, 0) is 31.6 Å². The molecule has 0 bridgehead atoms. The average Bonchev–Trinajstić information content (AvgIpc) is 3.41. The van der Waals surface area contributed by atoms with Crippen LogP contribution in [0, 0.1) is 5.92 Å². The van der Waals surface area contributed by atoms with Crippen LogP contribution in [-0.2, 0) is 65.4 Å². The summed E-state index contributed by atoms with van der Waals surface area (Å²) in [6.07, 6.45) is 36.3. The Labute approximate surface area is 479 Å². The Balaban J connectivity index is 5.19. The van der Waals surface area contributed by atoms with Crippen LogP contribution in [0.3, 0.4) is 0 Å². The van der Waals surface area contributed by atoms with Gasteiger partial charge < -0.3 is 33.8 Å². The van der Waals surface area contributed by atoms with Gasteiger partial charge in [-0.1, -0.05) is 247 Å². The number of esters is 4. The van der Waals surface area contributed by atoms with Crippen LogP contribution in [0.2, 0.25) is 0 Å². The molecule has 0 aliphatic heterocycles. The van der Waals surface area contributed by atoms with Crippen LogP contribution in [-0.4, -0.2) is 96.7 Å². The smallest absolute Gasteiger partial charge is 0.462 e. The summed E-state index contributed by atoms with van der Waals surface area (Å²) in [5, 5.41) is 10.5. The standard InChI is InChI=1S/C60H116O17P2/c1-6-9-12-15-18-20-25-30-34-39-44-58(63)71-50-56(77-60(65)46-41-36-31-26-23-21-22-24-28-32-37-42-53(4)5)52-75-79(68,69)73-48-54(61)47-72-78(66,67)74-51-55(49-70-57(62)43-38-33-27-17-14-11-8-3)76-59(64)45-40-35-29-19-16-13-10-7-2/h53-56,61H,6-52H2,1-5H3,(H,66,67)(H,68,69)/t54-,55+,56+/m0/s1. The summed E-state index contributed by atoms with van der Waals surface area (Å²) in [7, 11) is -9.87. The molecule has 79 heavy (non-hydrogen) atoms. The van der Waals surface area contributed by atoms with Crippen LogP contribution in [0.25, 0.3) is 0 Å². The third kappa shape index (κ3) is 55.0. The summed E-state index contributed by atoms with van der Waals surface area (Å²) in [6.45, 7) is 7.09. The Hall–Kier alpha value is -1.94. The van der Waals surface area contributed by atoms with Gasteiger partial charge in [0, 0.05) is 25.7 Å². The lowest BCUT2D eigenvalue weighted by Gasteiger charge is -2.21. The van der Waals surface area contributed by atoms with E-state index in [0.29, 0.717) is 25.7 Å². The first kappa shape index (κ1) is 77.1. The fourth-order valence-electron chi connectivity index (χ4n) is 8.88. The molecular weight excluding hydrogens is 1050 g/mol. The highest BCUT2D eigenvalue weighted by Crippen LogP contribution is 2.45. The molecule has 5 atom stereocenters. The monoisotopic (exact) mass is 1170 g/mol. The topological polar surface area (TPSA) is 237 Å². The summed E-state index contributed by atoms with van der Waals surface area (Å²) in [4.78, 5) is 71.8. The van der Waals surface area contributed by atoms with Crippen molar-refractivity contribution < 1.29 is 80.2 Å². The lowest BCUT2D eigenvalue weighted by molar-refractivity contribution is -0.161. The minimum atomic E-state index is -4.94. The predicted octanol–water partition coefficient (Wildman–Crippen LogP) is 16.2. The maximum atomic E-state index is 12.9. The Kier molecular flexibility index (Phi) is 52.7. The molecule has 0 saturated heterocycles. The normalized spacial score (nSPS) is 14.3. The average molecular weight is 1170 g/mol. The number of carbonyl (C=O) groups is 4. The van der Waals surface area contributed by atoms with Crippen molar-refractivity contribution in [3.05, 3.63) is 0 Å². The van der Waals surface area contributed by atoms with Gasteiger partial charge in [-0.15, -0.1) is 0 Å². The number of unbranched alkanes of at least 4 members (excludes halogenated alkanes) is 32. The van der Waals surface area contributed by atoms with Gasteiger partial charge in [0.2, 0.25) is 0 Å². The van der Waals surface area contributed by atoms with E-state index in [0.717, 1.165) is 115 Å². The summed E-state index contributed by atoms with van der Waals surface area (Å²) in [6, 6.07) is 0. The van der Waals surface area contributed by atoms with Gasteiger partial charge >= 0.3 is 39.5 Å². The fraction of sp³-hybridized carbons (Fsp3) is 0.933. The lowest BCUT2D eigenvalue weighted by Crippen LogP contribution is -2.30. The van der Waals surface area contributed by atoms with E-state index in [4.69, 9.17) is 37.0 Å². The van der Waals surface area contributed by atoms with Crippen LogP contribution in [0.15, 0.2) is 0 Å². The number of phosphoric ester groups is 2. The zero-order chi connectivity index (χ0) is 58.5. The molecule has 0 aromatic heterocycles. The van der Waals surface area contributed by atoms with E-state index in [1.54, 1.807) is 0 Å². The predicted molar refractivity (Wildman–Crippen MR) is 312 cm³/mol. The lowest BCUT2D eigenvalue weighted by atomic mass is 10.0. The molecule has 0 aliphatic rings. The maximum absolute atomic E-state index is 12.9. The first-order valence-corrected chi connectivity index (χ1v) is 34.6. The van der Waals surface area contributed by atoms with Crippen molar-refractivity contribution in [1.82, 2.24) is 0 Å². The van der Waals surface area contributed by atoms with Crippen molar-refractivity contribution in [1.29, 1.82) is 0 Å². The van der Waals surface area contributed by atoms with Gasteiger partial charge in [-0.25, -0.2) is 9.13 Å². The molecule has 468 valence electrons. The third-order valence-electron chi connectivity index (χ3n) is 13.8. The van der Waals surface area contributed by atoms with Crippen LogP contribution in [0.1, 0.15) is 298 Å². The number of carbonyl (C=O) groups excluding carboxylic acids is 4. The first-order valence-electron chi connectivity index (χ1n) is 31.6. The van der Waals surface area contributed by atoms with E-state index < -0.39 is 97.5 Å². The van der Waals surface area contributed by atoms with Crippen molar-refractivity contribution in [3.8, 4) is 0 Å². The van der Waals surface area contributed by atoms with E-state index in [-0.39, 0.29) is 25.7 Å². The van der Waals surface area contributed by atoms with Crippen molar-refractivity contribution in [2.24, 2.45) is 5.92 Å². The highest BCUT2D eigenvalue weighted by Gasteiger charge is 2.30. The van der Waals surface area contributed by atoms with Crippen LogP contribution in [0.4, 0.5) is 0 Å². The fourth-order valence-corrected chi connectivity index (χ4v) is 10.5. The Morgan fingerprint density at radius 1 is 0.342 bits per heavy atom. The molecule has 17 nitrogen and oxygen atoms in total. The van der Waals surface area contributed by atoms with Gasteiger partial charge in [0.1, 0.15) is 19.3 Å². The van der Waals surface area contributed by atoms with Crippen molar-refractivity contribution in [2.45, 2.75) is 316 Å². The van der Waals surface area contributed by atoms with Crippen molar-refractivity contribution in [2.75, 3.05) is 39.6 Å². The Morgan fingerprint density at radius 3 is 0.861 bits per heavy atom. The van der Waals surface area contributed by atoms with Gasteiger partial charge in [0.05, 0.1) is 26.4 Å². The van der Waals surface area contributed by atoms with Crippen molar-refractivity contribution in [3.63, 3.8) is 0 Å². The van der Waals surface area contributed by atoms with E-state index >= 15 is 0 Å². The molecule has 0 radical (unpaired) electrons. The van der Waals surface area contributed by atoms with Gasteiger partial charge in [0.15, 0.2) is 12.2 Å². The second-order valence-electron chi connectivity index (χ2n) is 22.2. The second-order valence-corrected chi connectivity index (χ2v) is 25.1. The highest BCUT2D eigenvalue weighted by atomic mass is 31.2. The van der Waals surface area contributed by atoms with E-state index in [9.17, 15) is 43.2 Å². The van der Waals surface area contributed by atoms with Crippen LogP contribution >= 0.6 is 15.6 Å². The van der Waals surface area contributed by atoms with Gasteiger partial charge in [0.25, 0.3) is 0 Å². The van der Waals surface area contributed by atoms with Gasteiger partial charge in [-0.3, -0.25) is 37.3 Å². The number of phosphoric acid groups is 2. The van der Waals surface area contributed by atoms with E-state index in [1.165, 1.54) is 103 Å². The largest absolute Gasteiger partial charge is 0.472 e. The van der Waals surface area contributed by atoms with Crippen LogP contribution < -0.4 is 0 Å².